The Morgan fingerprint density at radius 1 is 1.24 bits per heavy atom. The second-order valence-electron chi connectivity index (χ2n) is 10.0. The topological polar surface area (TPSA) is 82.9 Å². The van der Waals surface area contributed by atoms with Gasteiger partial charge in [-0.25, -0.2) is 9.78 Å². The number of allylic oxidation sites excluding steroid dienone is 7. The summed E-state index contributed by atoms with van der Waals surface area (Å²) in [6.07, 6.45) is 15.2. The number of carboxylic acid groups (broad SMARTS) is 1. The maximum Gasteiger partial charge on any atom is 0.328 e. The average Bonchev–Trinajstić information content (AvgIpc) is 3.06. The summed E-state index contributed by atoms with van der Waals surface area (Å²) in [4.78, 5) is 18.2. The smallest absolute Gasteiger partial charge is 0.328 e. The van der Waals surface area contributed by atoms with Crippen LogP contribution in [0.4, 0.5) is 0 Å². The number of nitrogens with zero attached hydrogens (tertiary/aromatic N) is 2. The van der Waals surface area contributed by atoms with Gasteiger partial charge >= 0.3 is 5.97 Å². The number of hydrogen-bond acceptors (Lipinski definition) is 5. The highest BCUT2D eigenvalue weighted by Crippen LogP contribution is 2.40. The first-order chi connectivity index (χ1) is 18.3. The lowest BCUT2D eigenvalue weighted by Crippen LogP contribution is -2.42. The second kappa shape index (κ2) is 11.1. The standard InChI is InChI=1S/C31H31ClN2O4/c1-21(19-29(35)36)25-6-2-8-28-27(25)20-22(26-7-3-15-33-30(26)38-28)5-4-16-34-17-13-31(37,14-18-34)23-9-11-24(32)12-10-23/h2-3,5-12,15,19-20,25,37H,4,13-14,16-18H2,1H3,(H,35,36). The minimum absolute atomic E-state index is 0.198. The van der Waals surface area contributed by atoms with Gasteiger partial charge in [-0.15, -0.1) is 0 Å². The number of aliphatic hydroxyl groups is 1. The van der Waals surface area contributed by atoms with Crippen molar-refractivity contribution in [2.24, 2.45) is 5.92 Å². The highest BCUT2D eigenvalue weighted by atomic mass is 35.5. The van der Waals surface area contributed by atoms with Gasteiger partial charge in [-0.3, -0.25) is 0 Å². The predicted molar refractivity (Wildman–Crippen MR) is 149 cm³/mol. The lowest BCUT2D eigenvalue weighted by atomic mass is 9.84. The molecule has 38 heavy (non-hydrogen) atoms. The molecule has 1 fully saturated rings. The summed E-state index contributed by atoms with van der Waals surface area (Å²) in [5.74, 6) is 0.0523. The second-order valence-corrected chi connectivity index (χ2v) is 10.4. The molecule has 6 nitrogen and oxygen atoms in total. The molecule has 2 aromatic rings. The van der Waals surface area contributed by atoms with Crippen LogP contribution in [0.2, 0.25) is 5.02 Å². The molecular formula is C31H31ClN2O4. The summed E-state index contributed by atoms with van der Waals surface area (Å²) in [5.41, 5.74) is 3.66. The van der Waals surface area contributed by atoms with Gasteiger partial charge in [0.2, 0.25) is 5.88 Å². The molecule has 1 aromatic carbocycles. The highest BCUT2D eigenvalue weighted by Gasteiger charge is 2.33. The Balaban J connectivity index is 1.33. The van der Waals surface area contributed by atoms with E-state index in [4.69, 9.17) is 16.3 Å². The fourth-order valence-electron chi connectivity index (χ4n) is 5.35. The molecule has 2 N–H and O–H groups in total. The highest BCUT2D eigenvalue weighted by molar-refractivity contribution is 6.30. The molecule has 1 aromatic heterocycles. The Labute approximate surface area is 227 Å². The van der Waals surface area contributed by atoms with Crippen LogP contribution in [0.1, 0.15) is 37.3 Å². The number of likely N-dealkylation sites (tertiary alicyclic amines) is 1. The largest absolute Gasteiger partial charge is 0.478 e. The molecule has 7 heteroatoms. The van der Waals surface area contributed by atoms with Crippen LogP contribution in [-0.2, 0) is 10.4 Å². The Hall–Kier alpha value is -3.45. The van der Waals surface area contributed by atoms with Crippen molar-refractivity contribution in [3.05, 3.63) is 112 Å². The number of ether oxygens (including phenoxy) is 1. The molecule has 0 amide bonds. The summed E-state index contributed by atoms with van der Waals surface area (Å²) in [6.45, 7) is 4.31. The van der Waals surface area contributed by atoms with E-state index in [1.165, 1.54) is 6.08 Å². The van der Waals surface area contributed by atoms with Crippen LogP contribution in [0.25, 0.3) is 5.57 Å². The predicted octanol–water partition coefficient (Wildman–Crippen LogP) is 5.91. The van der Waals surface area contributed by atoms with E-state index in [1.807, 2.05) is 61.5 Å². The lowest BCUT2D eigenvalue weighted by molar-refractivity contribution is -0.131. The van der Waals surface area contributed by atoms with E-state index in [9.17, 15) is 15.0 Å². The third kappa shape index (κ3) is 5.68. The zero-order valence-electron chi connectivity index (χ0n) is 21.3. The number of rotatable bonds is 6. The van der Waals surface area contributed by atoms with Crippen LogP contribution in [0, 0.1) is 5.92 Å². The Kier molecular flexibility index (Phi) is 7.65. The van der Waals surface area contributed by atoms with Crippen molar-refractivity contribution in [2.75, 3.05) is 19.6 Å². The molecule has 0 spiro atoms. The molecule has 196 valence electrons. The summed E-state index contributed by atoms with van der Waals surface area (Å²) in [5, 5.41) is 21.2. The van der Waals surface area contributed by atoms with Crippen molar-refractivity contribution >= 4 is 23.1 Å². The number of piperidine rings is 1. The van der Waals surface area contributed by atoms with Gasteiger partial charge < -0.3 is 19.8 Å². The van der Waals surface area contributed by atoms with Crippen LogP contribution < -0.4 is 4.74 Å². The van der Waals surface area contributed by atoms with Crippen molar-refractivity contribution in [1.82, 2.24) is 9.88 Å². The zero-order valence-corrected chi connectivity index (χ0v) is 22.1. The van der Waals surface area contributed by atoms with Crippen LogP contribution in [0.15, 0.2) is 96.0 Å². The number of halogens is 1. The number of carbonyl (C=O) groups is 1. The molecule has 2 aliphatic heterocycles. The third-order valence-electron chi connectivity index (χ3n) is 7.49. The van der Waals surface area contributed by atoms with E-state index in [0.717, 1.165) is 53.9 Å². The third-order valence-corrected chi connectivity index (χ3v) is 7.74. The van der Waals surface area contributed by atoms with E-state index in [-0.39, 0.29) is 5.92 Å². The summed E-state index contributed by atoms with van der Waals surface area (Å²) < 4.78 is 6.21. The SMILES string of the molecule is CC(=CC(=O)O)C1C=CC=C2Oc3ncccc3C(=CCCN3CCC(O)(c4ccc(Cl)cc4)CC3)C=C21. The van der Waals surface area contributed by atoms with Crippen LogP contribution in [-0.4, -0.2) is 45.7 Å². The fraction of sp³-hybridized carbons (Fsp3) is 0.290. The molecular weight excluding hydrogens is 500 g/mol. The van der Waals surface area contributed by atoms with Gasteiger partial charge in [-0.1, -0.05) is 47.5 Å². The van der Waals surface area contributed by atoms with E-state index in [2.05, 4.69) is 22.0 Å². The number of carboxylic acids is 1. The molecule has 0 bridgehead atoms. The maximum atomic E-state index is 11.3. The Morgan fingerprint density at radius 2 is 2.00 bits per heavy atom. The first kappa shape index (κ1) is 26.2. The molecule has 1 aliphatic carbocycles. The maximum absolute atomic E-state index is 11.3. The summed E-state index contributed by atoms with van der Waals surface area (Å²) >= 11 is 6.02. The van der Waals surface area contributed by atoms with Crippen LogP contribution in [0.3, 0.4) is 0 Å². The van der Waals surface area contributed by atoms with E-state index in [0.29, 0.717) is 29.5 Å². The lowest BCUT2D eigenvalue weighted by Gasteiger charge is -2.38. The van der Waals surface area contributed by atoms with Gasteiger partial charge in [0.15, 0.2) is 0 Å². The van der Waals surface area contributed by atoms with Gasteiger partial charge in [0.25, 0.3) is 0 Å². The van der Waals surface area contributed by atoms with Gasteiger partial charge in [0, 0.05) is 54.0 Å². The van der Waals surface area contributed by atoms with E-state index >= 15 is 0 Å². The van der Waals surface area contributed by atoms with Crippen molar-refractivity contribution in [2.45, 2.75) is 31.8 Å². The van der Waals surface area contributed by atoms with Crippen molar-refractivity contribution in [3.63, 3.8) is 0 Å². The summed E-state index contributed by atoms with van der Waals surface area (Å²) in [7, 11) is 0. The monoisotopic (exact) mass is 530 g/mol. The quantitative estimate of drug-likeness (QED) is 0.452. The van der Waals surface area contributed by atoms with Gasteiger partial charge in [-0.05, 0) is 73.7 Å². The zero-order chi connectivity index (χ0) is 26.7. The first-order valence-electron chi connectivity index (χ1n) is 12.9. The minimum Gasteiger partial charge on any atom is -0.478 e. The normalized spacial score (nSPS) is 22.0. The first-order valence-corrected chi connectivity index (χ1v) is 13.3. The molecule has 1 saturated heterocycles. The van der Waals surface area contributed by atoms with Crippen LogP contribution >= 0.6 is 11.6 Å². The van der Waals surface area contributed by atoms with Crippen molar-refractivity contribution in [1.29, 1.82) is 0 Å². The molecule has 0 radical (unpaired) electrons. The molecule has 0 saturated carbocycles. The molecule has 1 unspecified atom stereocenters. The summed E-state index contributed by atoms with van der Waals surface area (Å²) in [6, 6.07) is 11.4. The number of benzene rings is 1. The Morgan fingerprint density at radius 3 is 2.74 bits per heavy atom. The molecule has 3 aliphatic rings. The number of hydrogen-bond donors (Lipinski definition) is 2. The average molecular weight is 531 g/mol. The number of pyridine rings is 1. The number of fused-ring (bicyclic) bond motifs is 2. The number of aliphatic carboxylic acids is 1. The fourth-order valence-corrected chi connectivity index (χ4v) is 5.48. The van der Waals surface area contributed by atoms with Crippen molar-refractivity contribution < 1.29 is 19.7 Å². The van der Waals surface area contributed by atoms with E-state index < -0.39 is 11.6 Å². The van der Waals surface area contributed by atoms with Gasteiger partial charge in [-0.2, -0.15) is 0 Å². The van der Waals surface area contributed by atoms with Gasteiger partial charge in [0.1, 0.15) is 5.76 Å². The van der Waals surface area contributed by atoms with E-state index in [1.54, 1.807) is 6.20 Å². The van der Waals surface area contributed by atoms with Crippen LogP contribution in [0.5, 0.6) is 5.88 Å². The Bertz CT molecular complexity index is 1360. The van der Waals surface area contributed by atoms with Gasteiger partial charge in [0.05, 0.1) is 5.60 Å². The molecule has 5 rings (SSSR count). The number of aromatic nitrogens is 1. The minimum atomic E-state index is -0.965. The van der Waals surface area contributed by atoms with Crippen molar-refractivity contribution in [3.8, 4) is 5.88 Å². The molecule has 3 heterocycles. The molecule has 1 atom stereocenters.